The van der Waals surface area contributed by atoms with Crippen molar-refractivity contribution in [2.75, 3.05) is 0 Å². The molecule has 0 amide bonds. The van der Waals surface area contributed by atoms with Crippen molar-refractivity contribution in [1.29, 1.82) is 0 Å². The van der Waals surface area contributed by atoms with Crippen molar-refractivity contribution < 1.29 is 0 Å². The zero-order valence-corrected chi connectivity index (χ0v) is 14.0. The van der Waals surface area contributed by atoms with E-state index in [0.29, 0.717) is 6.04 Å². The Hall–Kier alpha value is -1.91. The SMILES string of the molecule is C[C@H](NCc1cccc(Br)c1)c1ccc(-n2ccnc2)cc1. The molecule has 0 spiro atoms. The summed E-state index contributed by atoms with van der Waals surface area (Å²) in [6.45, 7) is 3.04. The van der Waals surface area contributed by atoms with Crippen molar-refractivity contribution in [2.45, 2.75) is 19.5 Å². The molecule has 1 atom stereocenters. The molecule has 0 aliphatic rings. The number of halogens is 1. The fourth-order valence-corrected chi connectivity index (χ4v) is 2.83. The monoisotopic (exact) mass is 355 g/mol. The largest absolute Gasteiger partial charge is 0.306 e. The van der Waals surface area contributed by atoms with Crippen LogP contribution in [0.4, 0.5) is 0 Å². The van der Waals surface area contributed by atoms with Crippen LogP contribution in [0.25, 0.3) is 5.69 Å². The van der Waals surface area contributed by atoms with Gasteiger partial charge in [0, 0.05) is 35.1 Å². The molecule has 112 valence electrons. The maximum absolute atomic E-state index is 4.07. The molecular weight excluding hydrogens is 338 g/mol. The quantitative estimate of drug-likeness (QED) is 0.730. The van der Waals surface area contributed by atoms with Crippen LogP contribution in [0.15, 0.2) is 71.7 Å². The van der Waals surface area contributed by atoms with Crippen molar-refractivity contribution in [3.63, 3.8) is 0 Å². The third-order valence-electron chi connectivity index (χ3n) is 3.70. The highest BCUT2D eigenvalue weighted by Crippen LogP contribution is 2.17. The Morgan fingerprint density at radius 1 is 1.18 bits per heavy atom. The van der Waals surface area contributed by atoms with Gasteiger partial charge in [-0.2, -0.15) is 0 Å². The van der Waals surface area contributed by atoms with Gasteiger partial charge in [-0.3, -0.25) is 0 Å². The summed E-state index contributed by atoms with van der Waals surface area (Å²) in [5.74, 6) is 0. The van der Waals surface area contributed by atoms with Gasteiger partial charge < -0.3 is 9.88 Å². The Balaban J connectivity index is 1.63. The molecule has 0 saturated carbocycles. The minimum atomic E-state index is 0.302. The lowest BCUT2D eigenvalue weighted by Gasteiger charge is -2.15. The third-order valence-corrected chi connectivity index (χ3v) is 4.19. The number of nitrogens with one attached hydrogen (secondary N) is 1. The van der Waals surface area contributed by atoms with E-state index in [1.165, 1.54) is 11.1 Å². The zero-order chi connectivity index (χ0) is 15.4. The molecule has 1 heterocycles. The number of hydrogen-bond acceptors (Lipinski definition) is 2. The van der Waals surface area contributed by atoms with E-state index in [4.69, 9.17) is 0 Å². The van der Waals surface area contributed by atoms with Gasteiger partial charge in [0.25, 0.3) is 0 Å². The summed E-state index contributed by atoms with van der Waals surface area (Å²) in [5.41, 5.74) is 3.68. The van der Waals surface area contributed by atoms with Crippen LogP contribution < -0.4 is 5.32 Å². The number of benzene rings is 2. The number of nitrogens with zero attached hydrogens (tertiary/aromatic N) is 2. The van der Waals surface area contributed by atoms with E-state index < -0.39 is 0 Å². The molecular formula is C18H18BrN3. The van der Waals surface area contributed by atoms with E-state index >= 15 is 0 Å². The number of hydrogen-bond donors (Lipinski definition) is 1. The van der Waals surface area contributed by atoms with Crippen LogP contribution in [0.3, 0.4) is 0 Å². The minimum absolute atomic E-state index is 0.302. The summed E-state index contributed by atoms with van der Waals surface area (Å²) >= 11 is 3.51. The molecule has 2 aromatic carbocycles. The van der Waals surface area contributed by atoms with Crippen LogP contribution in [0.2, 0.25) is 0 Å². The summed E-state index contributed by atoms with van der Waals surface area (Å²) in [4.78, 5) is 4.07. The molecule has 0 fully saturated rings. The van der Waals surface area contributed by atoms with E-state index in [-0.39, 0.29) is 0 Å². The van der Waals surface area contributed by atoms with Crippen molar-refractivity contribution in [3.8, 4) is 5.69 Å². The van der Waals surface area contributed by atoms with Crippen LogP contribution in [0.5, 0.6) is 0 Å². The fraction of sp³-hybridized carbons (Fsp3) is 0.167. The number of imidazole rings is 1. The van der Waals surface area contributed by atoms with Gasteiger partial charge in [0.15, 0.2) is 0 Å². The maximum Gasteiger partial charge on any atom is 0.0991 e. The van der Waals surface area contributed by atoms with Crippen molar-refractivity contribution in [3.05, 3.63) is 82.9 Å². The molecule has 3 rings (SSSR count). The van der Waals surface area contributed by atoms with Gasteiger partial charge in [-0.1, -0.05) is 40.2 Å². The first-order valence-electron chi connectivity index (χ1n) is 7.28. The van der Waals surface area contributed by atoms with E-state index in [0.717, 1.165) is 16.7 Å². The van der Waals surface area contributed by atoms with Crippen LogP contribution in [-0.2, 0) is 6.54 Å². The summed E-state index contributed by atoms with van der Waals surface area (Å²) < 4.78 is 3.12. The van der Waals surface area contributed by atoms with E-state index in [1.807, 2.05) is 23.2 Å². The second kappa shape index (κ2) is 6.90. The average Bonchev–Trinajstić information content (AvgIpc) is 3.07. The zero-order valence-electron chi connectivity index (χ0n) is 12.4. The topological polar surface area (TPSA) is 29.9 Å². The average molecular weight is 356 g/mol. The molecule has 1 aromatic heterocycles. The van der Waals surface area contributed by atoms with Crippen molar-refractivity contribution >= 4 is 15.9 Å². The molecule has 4 heteroatoms. The number of aromatic nitrogens is 2. The highest BCUT2D eigenvalue weighted by molar-refractivity contribution is 9.10. The smallest absolute Gasteiger partial charge is 0.0991 e. The molecule has 0 aliphatic carbocycles. The van der Waals surface area contributed by atoms with Gasteiger partial charge in [-0.15, -0.1) is 0 Å². The van der Waals surface area contributed by atoms with E-state index in [9.17, 15) is 0 Å². The highest BCUT2D eigenvalue weighted by Gasteiger charge is 2.05. The molecule has 3 aromatic rings. The van der Waals surface area contributed by atoms with Gasteiger partial charge >= 0.3 is 0 Å². The molecule has 22 heavy (non-hydrogen) atoms. The van der Waals surface area contributed by atoms with Crippen LogP contribution in [-0.4, -0.2) is 9.55 Å². The normalized spacial score (nSPS) is 12.3. The lowest BCUT2D eigenvalue weighted by atomic mass is 10.1. The molecule has 0 bridgehead atoms. The maximum atomic E-state index is 4.07. The van der Waals surface area contributed by atoms with Crippen molar-refractivity contribution in [1.82, 2.24) is 14.9 Å². The summed E-state index contributed by atoms with van der Waals surface area (Å²) in [6.07, 6.45) is 5.55. The highest BCUT2D eigenvalue weighted by atomic mass is 79.9. The Morgan fingerprint density at radius 2 is 2.00 bits per heavy atom. The van der Waals surface area contributed by atoms with E-state index in [2.05, 4.69) is 75.6 Å². The fourth-order valence-electron chi connectivity index (χ4n) is 2.38. The second-order valence-corrected chi connectivity index (χ2v) is 6.21. The first kappa shape index (κ1) is 15.0. The van der Waals surface area contributed by atoms with Crippen LogP contribution in [0.1, 0.15) is 24.1 Å². The van der Waals surface area contributed by atoms with Crippen molar-refractivity contribution in [2.24, 2.45) is 0 Å². The molecule has 0 saturated heterocycles. The molecule has 0 radical (unpaired) electrons. The Labute approximate surface area is 139 Å². The van der Waals surface area contributed by atoms with Crippen LogP contribution >= 0.6 is 15.9 Å². The lowest BCUT2D eigenvalue weighted by molar-refractivity contribution is 0.574. The Morgan fingerprint density at radius 3 is 2.68 bits per heavy atom. The first-order valence-corrected chi connectivity index (χ1v) is 8.08. The van der Waals surface area contributed by atoms with Gasteiger partial charge in [0.05, 0.1) is 6.33 Å². The standard InChI is InChI=1S/C18H18BrN3/c1-14(21-12-15-3-2-4-17(19)11-15)16-5-7-18(8-6-16)22-10-9-20-13-22/h2-11,13-14,21H,12H2,1H3/t14-/m0/s1. The predicted octanol–water partition coefficient (Wildman–Crippen LogP) is 4.49. The molecule has 3 nitrogen and oxygen atoms in total. The van der Waals surface area contributed by atoms with E-state index in [1.54, 1.807) is 6.20 Å². The first-order chi connectivity index (χ1) is 10.7. The molecule has 0 aliphatic heterocycles. The van der Waals surface area contributed by atoms with Crippen LogP contribution in [0, 0.1) is 0 Å². The summed E-state index contributed by atoms with van der Waals surface area (Å²) in [5, 5.41) is 3.56. The van der Waals surface area contributed by atoms with Gasteiger partial charge in [-0.25, -0.2) is 4.98 Å². The minimum Gasteiger partial charge on any atom is -0.306 e. The Kier molecular flexibility index (Phi) is 4.71. The molecule has 0 unspecified atom stereocenters. The molecule has 1 N–H and O–H groups in total. The van der Waals surface area contributed by atoms with Gasteiger partial charge in [-0.05, 0) is 42.3 Å². The van der Waals surface area contributed by atoms with Gasteiger partial charge in [0.1, 0.15) is 0 Å². The lowest BCUT2D eigenvalue weighted by Crippen LogP contribution is -2.18. The second-order valence-electron chi connectivity index (χ2n) is 5.29. The predicted molar refractivity (Wildman–Crippen MR) is 93.0 cm³/mol. The summed E-state index contributed by atoms with van der Waals surface area (Å²) in [7, 11) is 0. The third kappa shape index (κ3) is 3.64. The van der Waals surface area contributed by atoms with Gasteiger partial charge in [0.2, 0.25) is 0 Å². The number of rotatable bonds is 5. The Bertz CT molecular complexity index is 720. The summed E-state index contributed by atoms with van der Waals surface area (Å²) in [6, 6.07) is 17.2.